The van der Waals surface area contributed by atoms with Crippen LogP contribution in [-0.4, -0.2) is 25.8 Å². The molecular formula is C18H20BrN3O3. The first-order valence-corrected chi connectivity index (χ1v) is 8.49. The highest BCUT2D eigenvalue weighted by Crippen LogP contribution is 2.36. The number of methoxy groups -OCH3 is 1. The van der Waals surface area contributed by atoms with Crippen LogP contribution in [0.15, 0.2) is 46.0 Å². The van der Waals surface area contributed by atoms with E-state index < -0.39 is 0 Å². The highest BCUT2D eigenvalue weighted by atomic mass is 79.9. The van der Waals surface area contributed by atoms with E-state index in [1.54, 1.807) is 31.5 Å². The van der Waals surface area contributed by atoms with Crippen LogP contribution in [0.2, 0.25) is 0 Å². The van der Waals surface area contributed by atoms with Crippen molar-refractivity contribution in [1.82, 2.24) is 5.43 Å². The molecule has 0 fully saturated rings. The number of hydrazone groups is 1. The van der Waals surface area contributed by atoms with Crippen molar-refractivity contribution in [1.29, 1.82) is 0 Å². The average molecular weight is 406 g/mol. The summed E-state index contributed by atoms with van der Waals surface area (Å²) in [6.07, 6.45) is 1.78. The monoisotopic (exact) mass is 405 g/mol. The van der Waals surface area contributed by atoms with Crippen LogP contribution in [0.3, 0.4) is 0 Å². The smallest absolute Gasteiger partial charge is 0.244 e. The average Bonchev–Trinajstić information content (AvgIpc) is 2.57. The minimum absolute atomic E-state index is 0.210. The number of hydrogen-bond acceptors (Lipinski definition) is 5. The van der Waals surface area contributed by atoms with Gasteiger partial charge in [-0.25, -0.2) is 5.43 Å². The lowest BCUT2D eigenvalue weighted by Gasteiger charge is -2.11. The van der Waals surface area contributed by atoms with E-state index in [2.05, 4.69) is 26.5 Å². The molecule has 0 bridgehead atoms. The zero-order chi connectivity index (χ0) is 18.2. The third kappa shape index (κ3) is 5.49. The van der Waals surface area contributed by atoms with Gasteiger partial charge >= 0.3 is 0 Å². The van der Waals surface area contributed by atoms with Gasteiger partial charge in [-0.1, -0.05) is 12.1 Å². The topological polar surface area (TPSA) is 85.9 Å². The maximum atomic E-state index is 11.9. The van der Waals surface area contributed by atoms with Crippen LogP contribution < -0.4 is 20.6 Å². The quantitative estimate of drug-likeness (QED) is 0.420. The van der Waals surface area contributed by atoms with Gasteiger partial charge in [-0.15, -0.1) is 0 Å². The Labute approximate surface area is 155 Å². The van der Waals surface area contributed by atoms with Crippen molar-refractivity contribution in [2.24, 2.45) is 5.10 Å². The van der Waals surface area contributed by atoms with E-state index in [0.29, 0.717) is 23.8 Å². The number of anilines is 1. The summed E-state index contributed by atoms with van der Waals surface area (Å²) in [4.78, 5) is 11.9. The van der Waals surface area contributed by atoms with E-state index in [4.69, 9.17) is 15.2 Å². The molecule has 2 aromatic carbocycles. The van der Waals surface area contributed by atoms with Crippen molar-refractivity contribution in [3.63, 3.8) is 0 Å². The van der Waals surface area contributed by atoms with Crippen molar-refractivity contribution in [2.75, 3.05) is 19.5 Å². The second kappa shape index (κ2) is 9.08. The van der Waals surface area contributed by atoms with E-state index in [9.17, 15) is 4.79 Å². The zero-order valence-corrected chi connectivity index (χ0v) is 15.7. The molecule has 132 valence electrons. The van der Waals surface area contributed by atoms with Crippen molar-refractivity contribution >= 4 is 33.7 Å². The molecule has 0 saturated heterocycles. The molecule has 0 radical (unpaired) electrons. The fraction of sp³-hybridized carbons (Fsp3) is 0.222. The summed E-state index contributed by atoms with van der Waals surface area (Å²) in [7, 11) is 1.58. The summed E-state index contributed by atoms with van der Waals surface area (Å²) in [5.41, 5.74) is 10.4. The van der Waals surface area contributed by atoms with Crippen molar-refractivity contribution in [3.8, 4) is 11.5 Å². The molecule has 0 saturated carbocycles. The van der Waals surface area contributed by atoms with Crippen LogP contribution in [0.25, 0.3) is 0 Å². The van der Waals surface area contributed by atoms with Crippen molar-refractivity contribution in [2.45, 2.75) is 13.3 Å². The number of ether oxygens (including phenoxy) is 2. The molecule has 0 aliphatic heterocycles. The van der Waals surface area contributed by atoms with Gasteiger partial charge in [-0.2, -0.15) is 5.10 Å². The minimum Gasteiger partial charge on any atom is -0.492 e. The first kappa shape index (κ1) is 18.8. The predicted molar refractivity (Wildman–Crippen MR) is 102 cm³/mol. The number of halogens is 1. The summed E-state index contributed by atoms with van der Waals surface area (Å²) in [5.74, 6) is 1.01. The summed E-state index contributed by atoms with van der Waals surface area (Å²) in [6.45, 7) is 2.41. The van der Waals surface area contributed by atoms with Gasteiger partial charge in [-0.3, -0.25) is 4.79 Å². The van der Waals surface area contributed by atoms with E-state index in [0.717, 1.165) is 15.6 Å². The van der Waals surface area contributed by atoms with Gasteiger partial charge in [0.1, 0.15) is 0 Å². The molecule has 0 aliphatic carbocycles. The second-order valence-electron chi connectivity index (χ2n) is 5.18. The van der Waals surface area contributed by atoms with Gasteiger partial charge in [-0.05, 0) is 58.2 Å². The maximum Gasteiger partial charge on any atom is 0.244 e. The lowest BCUT2D eigenvalue weighted by molar-refractivity contribution is -0.120. The number of hydrogen-bond donors (Lipinski definition) is 2. The highest BCUT2D eigenvalue weighted by Gasteiger charge is 2.10. The Morgan fingerprint density at radius 3 is 2.68 bits per heavy atom. The summed E-state index contributed by atoms with van der Waals surface area (Å²) >= 11 is 3.43. The highest BCUT2D eigenvalue weighted by molar-refractivity contribution is 9.10. The predicted octanol–water partition coefficient (Wildman–Crippen LogP) is 3.13. The Balaban J connectivity index is 2.01. The Kier molecular flexibility index (Phi) is 6.82. The van der Waals surface area contributed by atoms with Crippen LogP contribution in [0.4, 0.5) is 5.69 Å². The Morgan fingerprint density at radius 2 is 2.04 bits per heavy atom. The van der Waals surface area contributed by atoms with Gasteiger partial charge in [0.05, 0.1) is 30.8 Å². The number of carbonyl (C=O) groups is 1. The first-order valence-electron chi connectivity index (χ1n) is 7.70. The molecule has 6 nitrogen and oxygen atoms in total. The number of nitrogens with one attached hydrogen (secondary N) is 1. The fourth-order valence-corrected chi connectivity index (χ4v) is 2.78. The number of rotatable bonds is 7. The molecular weight excluding hydrogens is 386 g/mol. The number of amides is 1. The lowest BCUT2D eigenvalue weighted by Crippen LogP contribution is -2.19. The van der Waals surface area contributed by atoms with E-state index in [1.165, 1.54) is 0 Å². The summed E-state index contributed by atoms with van der Waals surface area (Å²) in [5, 5.41) is 3.99. The molecule has 0 aliphatic rings. The molecule has 1 amide bonds. The fourth-order valence-electron chi connectivity index (χ4n) is 2.16. The van der Waals surface area contributed by atoms with Gasteiger partial charge in [0.25, 0.3) is 0 Å². The molecule has 3 N–H and O–H groups in total. The molecule has 0 atom stereocenters. The molecule has 7 heteroatoms. The number of nitrogens with zero attached hydrogens (tertiary/aromatic N) is 1. The third-order valence-corrected chi connectivity index (χ3v) is 3.87. The van der Waals surface area contributed by atoms with Gasteiger partial charge in [0.2, 0.25) is 5.91 Å². The molecule has 0 unspecified atom stereocenters. The SMILES string of the molecule is CCOc1cc(/C=N\NC(=O)Cc2ccc(N)cc2)cc(Br)c1OC. The first-order chi connectivity index (χ1) is 12.0. The van der Waals surface area contributed by atoms with E-state index in [-0.39, 0.29) is 12.3 Å². The van der Waals surface area contributed by atoms with Crippen LogP contribution in [-0.2, 0) is 11.2 Å². The maximum absolute atomic E-state index is 11.9. The van der Waals surface area contributed by atoms with Crippen molar-refractivity contribution < 1.29 is 14.3 Å². The van der Waals surface area contributed by atoms with Crippen LogP contribution in [0.5, 0.6) is 11.5 Å². The normalized spacial score (nSPS) is 10.7. The lowest BCUT2D eigenvalue weighted by atomic mass is 10.1. The Bertz CT molecular complexity index is 761. The number of nitrogen functional groups attached to an aromatic ring is 1. The standard InChI is InChI=1S/C18H20BrN3O3/c1-3-25-16-9-13(8-15(19)18(16)24-2)11-21-22-17(23)10-12-4-6-14(20)7-5-12/h4-9,11H,3,10,20H2,1-2H3,(H,22,23)/b21-11-. The summed E-state index contributed by atoms with van der Waals surface area (Å²) in [6, 6.07) is 10.8. The molecule has 0 heterocycles. The summed E-state index contributed by atoms with van der Waals surface area (Å²) < 4.78 is 11.6. The number of nitrogens with two attached hydrogens (primary N) is 1. The molecule has 0 aromatic heterocycles. The largest absolute Gasteiger partial charge is 0.492 e. The van der Waals surface area contributed by atoms with Crippen LogP contribution in [0.1, 0.15) is 18.1 Å². The Hall–Kier alpha value is -2.54. The van der Waals surface area contributed by atoms with Gasteiger partial charge < -0.3 is 15.2 Å². The zero-order valence-electron chi connectivity index (χ0n) is 14.1. The van der Waals surface area contributed by atoms with Crippen LogP contribution in [0, 0.1) is 0 Å². The molecule has 2 aromatic rings. The van der Waals surface area contributed by atoms with E-state index >= 15 is 0 Å². The second-order valence-corrected chi connectivity index (χ2v) is 6.03. The molecule has 2 rings (SSSR count). The molecule has 25 heavy (non-hydrogen) atoms. The van der Waals surface area contributed by atoms with Crippen molar-refractivity contribution in [3.05, 3.63) is 52.0 Å². The van der Waals surface area contributed by atoms with Gasteiger partial charge in [0, 0.05) is 5.69 Å². The minimum atomic E-state index is -0.210. The Morgan fingerprint density at radius 1 is 1.32 bits per heavy atom. The third-order valence-electron chi connectivity index (χ3n) is 3.28. The van der Waals surface area contributed by atoms with Gasteiger partial charge in [0.15, 0.2) is 11.5 Å². The van der Waals surface area contributed by atoms with E-state index in [1.807, 2.05) is 25.1 Å². The van der Waals surface area contributed by atoms with Crippen LogP contribution >= 0.6 is 15.9 Å². The number of carbonyl (C=O) groups excluding carboxylic acids is 1. The molecule has 0 spiro atoms. The number of benzene rings is 2.